The lowest BCUT2D eigenvalue weighted by atomic mass is 10.2. The molecule has 9 heteroatoms. The Morgan fingerprint density at radius 3 is 2.46 bits per heavy atom. The molecule has 184 valence electrons. The van der Waals surface area contributed by atoms with Crippen LogP contribution in [-0.2, 0) is 4.74 Å². The molecular formula is C26H29N3O5S. The fourth-order valence-electron chi connectivity index (χ4n) is 2.96. The van der Waals surface area contributed by atoms with Gasteiger partial charge in [0.1, 0.15) is 11.4 Å². The number of methoxy groups -OCH3 is 2. The molecule has 0 unspecified atom stereocenters. The van der Waals surface area contributed by atoms with E-state index in [1.165, 1.54) is 18.4 Å². The van der Waals surface area contributed by atoms with Crippen LogP contribution in [0, 0.1) is 0 Å². The maximum absolute atomic E-state index is 12.0. The molecule has 0 bridgehead atoms. The van der Waals surface area contributed by atoms with Gasteiger partial charge < -0.3 is 18.9 Å². The lowest BCUT2D eigenvalue weighted by Crippen LogP contribution is -2.26. The number of thiazole rings is 1. The summed E-state index contributed by atoms with van der Waals surface area (Å²) in [7, 11) is 3.13. The van der Waals surface area contributed by atoms with Crippen molar-refractivity contribution < 1.29 is 23.7 Å². The quantitative estimate of drug-likeness (QED) is 0.178. The molecule has 0 spiro atoms. The Balaban J connectivity index is 1.92. The predicted molar refractivity (Wildman–Crippen MR) is 138 cm³/mol. The highest BCUT2D eigenvalue weighted by molar-refractivity contribution is 7.07. The molecule has 0 saturated carbocycles. The summed E-state index contributed by atoms with van der Waals surface area (Å²) in [5.41, 5.74) is 1.93. The number of hydrogen-bond acceptors (Lipinski definition) is 8. The Morgan fingerprint density at radius 2 is 1.83 bits per heavy atom. The van der Waals surface area contributed by atoms with Crippen LogP contribution in [0.25, 0.3) is 11.3 Å². The minimum Gasteiger partial charge on any atom is -0.497 e. The topological polar surface area (TPSA) is 83.6 Å². The van der Waals surface area contributed by atoms with E-state index < -0.39 is 11.8 Å². The molecule has 0 aliphatic heterocycles. The van der Waals surface area contributed by atoms with Crippen molar-refractivity contribution in [3.63, 3.8) is 0 Å². The highest BCUT2D eigenvalue weighted by Crippen LogP contribution is 2.29. The van der Waals surface area contributed by atoms with Gasteiger partial charge >= 0.3 is 6.16 Å². The molecule has 1 heterocycles. The summed E-state index contributed by atoms with van der Waals surface area (Å²) < 4.78 is 23.0. The van der Waals surface area contributed by atoms with Gasteiger partial charge in [-0.25, -0.2) is 9.47 Å². The number of rotatable bonds is 8. The summed E-state index contributed by atoms with van der Waals surface area (Å²) in [6.45, 7) is 9.52. The Hall–Kier alpha value is -3.85. The van der Waals surface area contributed by atoms with E-state index in [9.17, 15) is 4.79 Å². The largest absolute Gasteiger partial charge is 0.514 e. The second-order valence-electron chi connectivity index (χ2n) is 8.29. The van der Waals surface area contributed by atoms with Gasteiger partial charge in [-0.2, -0.15) is 5.10 Å². The number of aromatic nitrogens is 1. The van der Waals surface area contributed by atoms with Crippen molar-refractivity contribution in [2.75, 3.05) is 20.8 Å². The number of carbonyl (C=O) groups excluding carboxylic acids is 1. The highest BCUT2D eigenvalue weighted by atomic mass is 32.1. The highest BCUT2D eigenvalue weighted by Gasteiger charge is 2.19. The number of carbonyl (C=O) groups is 1. The first-order valence-corrected chi connectivity index (χ1v) is 11.7. The van der Waals surface area contributed by atoms with E-state index in [-0.39, 0.29) is 5.75 Å². The summed E-state index contributed by atoms with van der Waals surface area (Å²) in [6.07, 6.45) is 2.62. The zero-order chi connectivity index (χ0) is 25.4. The first-order valence-electron chi connectivity index (χ1n) is 10.8. The summed E-state index contributed by atoms with van der Waals surface area (Å²) in [4.78, 5) is 17.3. The van der Waals surface area contributed by atoms with Gasteiger partial charge in [-0.1, -0.05) is 6.08 Å². The van der Waals surface area contributed by atoms with Gasteiger partial charge in [0.25, 0.3) is 0 Å². The van der Waals surface area contributed by atoms with Crippen molar-refractivity contribution in [3.8, 4) is 28.5 Å². The molecule has 8 nitrogen and oxygen atoms in total. The van der Waals surface area contributed by atoms with Crippen LogP contribution in [0.1, 0.15) is 26.3 Å². The van der Waals surface area contributed by atoms with Gasteiger partial charge in [-0.3, -0.25) is 4.99 Å². The van der Waals surface area contributed by atoms with E-state index in [2.05, 4.69) is 16.7 Å². The van der Waals surface area contributed by atoms with Crippen LogP contribution < -0.4 is 19.0 Å². The van der Waals surface area contributed by atoms with Crippen molar-refractivity contribution in [2.45, 2.75) is 26.4 Å². The van der Waals surface area contributed by atoms with E-state index in [1.54, 1.807) is 63.0 Å². The van der Waals surface area contributed by atoms with Crippen molar-refractivity contribution in [1.82, 2.24) is 4.68 Å². The molecule has 0 aliphatic carbocycles. The normalized spacial score (nSPS) is 12.0. The van der Waals surface area contributed by atoms with Crippen molar-refractivity contribution >= 4 is 23.7 Å². The fraction of sp³-hybridized carbons (Fsp3) is 0.269. The molecule has 0 radical (unpaired) electrons. The third-order valence-electron chi connectivity index (χ3n) is 4.52. The minimum absolute atomic E-state index is 0.252. The molecule has 0 amide bonds. The summed E-state index contributed by atoms with van der Waals surface area (Å²) in [5, 5.41) is 6.68. The predicted octanol–water partition coefficient (Wildman–Crippen LogP) is 5.52. The van der Waals surface area contributed by atoms with E-state index in [1.807, 2.05) is 29.6 Å². The zero-order valence-electron chi connectivity index (χ0n) is 20.5. The standard InChI is InChI=1S/C26H29N3O5S/c1-7-14-27-24-29(21(17-35-24)19-9-11-20(31-5)12-10-19)28-16-18-8-13-22(23(15-18)32-6)33-25(30)34-26(2,3)4/h7-13,15-17H,1,14H2,2-6H3. The molecule has 2 aromatic carbocycles. The minimum atomic E-state index is -0.802. The zero-order valence-corrected chi connectivity index (χ0v) is 21.3. The van der Waals surface area contributed by atoms with Crippen molar-refractivity contribution in [3.05, 3.63) is 70.9 Å². The van der Waals surface area contributed by atoms with Gasteiger partial charge in [-0.05, 0) is 68.8 Å². The van der Waals surface area contributed by atoms with Gasteiger partial charge in [-0.15, -0.1) is 17.9 Å². The third kappa shape index (κ3) is 7.07. The molecule has 1 aromatic heterocycles. The Kier molecular flexibility index (Phi) is 8.48. The Bertz CT molecular complexity index is 1270. The third-order valence-corrected chi connectivity index (χ3v) is 5.37. The molecule has 0 aliphatic rings. The van der Waals surface area contributed by atoms with Crippen LogP contribution in [0.4, 0.5) is 4.79 Å². The number of benzene rings is 2. The van der Waals surface area contributed by atoms with Crippen LogP contribution >= 0.6 is 11.3 Å². The van der Waals surface area contributed by atoms with Crippen molar-refractivity contribution in [1.29, 1.82) is 0 Å². The van der Waals surface area contributed by atoms with Gasteiger partial charge in [0.2, 0.25) is 4.80 Å². The Labute approximate surface area is 208 Å². The van der Waals surface area contributed by atoms with Crippen LogP contribution in [-0.4, -0.2) is 43.4 Å². The van der Waals surface area contributed by atoms with E-state index in [0.717, 1.165) is 27.4 Å². The average Bonchev–Trinajstić information content (AvgIpc) is 3.23. The number of ether oxygens (including phenoxy) is 4. The maximum Gasteiger partial charge on any atom is 0.514 e. The molecule has 3 rings (SSSR count). The molecular weight excluding hydrogens is 466 g/mol. The SMILES string of the molecule is C=CCN=c1scc(-c2ccc(OC)cc2)n1N=Cc1ccc(OC(=O)OC(C)(C)C)c(OC)c1. The summed E-state index contributed by atoms with van der Waals surface area (Å²) in [5.74, 6) is 1.40. The Morgan fingerprint density at radius 1 is 1.09 bits per heavy atom. The van der Waals surface area contributed by atoms with Gasteiger partial charge in [0.05, 0.1) is 32.7 Å². The van der Waals surface area contributed by atoms with E-state index in [0.29, 0.717) is 12.3 Å². The van der Waals surface area contributed by atoms with Crippen LogP contribution in [0.3, 0.4) is 0 Å². The van der Waals surface area contributed by atoms with Crippen LogP contribution in [0.15, 0.2) is 70.6 Å². The smallest absolute Gasteiger partial charge is 0.497 e. The second-order valence-corrected chi connectivity index (χ2v) is 9.13. The van der Waals surface area contributed by atoms with Crippen molar-refractivity contribution in [2.24, 2.45) is 10.1 Å². The van der Waals surface area contributed by atoms with Gasteiger partial charge in [0, 0.05) is 10.9 Å². The molecule has 0 fully saturated rings. The lowest BCUT2D eigenvalue weighted by Gasteiger charge is -2.19. The summed E-state index contributed by atoms with van der Waals surface area (Å²) in [6, 6.07) is 12.9. The molecule has 0 N–H and O–H groups in total. The second kappa shape index (κ2) is 11.5. The van der Waals surface area contributed by atoms with Gasteiger partial charge in [0.15, 0.2) is 11.5 Å². The first-order chi connectivity index (χ1) is 16.7. The van der Waals surface area contributed by atoms with Crippen LogP contribution in [0.2, 0.25) is 0 Å². The molecule has 0 saturated heterocycles. The summed E-state index contributed by atoms with van der Waals surface area (Å²) >= 11 is 1.48. The number of hydrogen-bond donors (Lipinski definition) is 0. The fourth-order valence-corrected chi connectivity index (χ4v) is 3.80. The average molecular weight is 496 g/mol. The monoisotopic (exact) mass is 495 g/mol. The van der Waals surface area contributed by atoms with E-state index in [4.69, 9.17) is 18.9 Å². The lowest BCUT2D eigenvalue weighted by molar-refractivity contribution is 0.0201. The molecule has 0 atom stereocenters. The van der Waals surface area contributed by atoms with E-state index >= 15 is 0 Å². The molecule has 3 aromatic rings. The number of nitrogens with zero attached hydrogens (tertiary/aromatic N) is 3. The first kappa shape index (κ1) is 25.8. The molecule has 35 heavy (non-hydrogen) atoms. The maximum atomic E-state index is 12.0. The van der Waals surface area contributed by atoms with Crippen LogP contribution in [0.5, 0.6) is 17.2 Å².